The standard InChI is InChI=1S/C22H29N5S.HI/c1-3-23-22(26(2)14-12-20-10-7-17-28-20)25-18-21-24-13-16-27(21)15-11-19-8-5-4-6-9-19;/h4-10,13,16-17H,3,11-12,14-15,18H2,1-2H3,(H,23,25);1H. The second-order valence-corrected chi connectivity index (χ2v) is 7.73. The Morgan fingerprint density at radius 3 is 2.72 bits per heavy atom. The number of imidazole rings is 1. The number of guanidine groups is 1. The lowest BCUT2D eigenvalue weighted by Gasteiger charge is -2.21. The highest BCUT2D eigenvalue weighted by atomic mass is 127. The van der Waals surface area contributed by atoms with Gasteiger partial charge in [-0.2, -0.15) is 0 Å². The molecular formula is C22H30IN5S. The van der Waals surface area contributed by atoms with Crippen molar-refractivity contribution >= 4 is 41.3 Å². The van der Waals surface area contributed by atoms with E-state index in [0.29, 0.717) is 6.54 Å². The number of nitrogens with one attached hydrogen (secondary N) is 1. The fraction of sp³-hybridized carbons (Fsp3) is 0.364. The van der Waals surface area contributed by atoms with Gasteiger partial charge in [-0.05, 0) is 36.8 Å². The lowest BCUT2D eigenvalue weighted by molar-refractivity contribution is 0.485. The molecule has 2 heterocycles. The molecule has 3 rings (SSSR count). The third-order valence-corrected chi connectivity index (χ3v) is 5.56. The maximum Gasteiger partial charge on any atom is 0.194 e. The summed E-state index contributed by atoms with van der Waals surface area (Å²) in [6.07, 6.45) is 5.93. The first-order chi connectivity index (χ1) is 13.8. The molecule has 0 saturated carbocycles. The van der Waals surface area contributed by atoms with Crippen molar-refractivity contribution in [2.24, 2.45) is 4.99 Å². The Kier molecular flexibility index (Phi) is 10.2. The van der Waals surface area contributed by atoms with Gasteiger partial charge in [-0.1, -0.05) is 36.4 Å². The number of halogens is 1. The number of benzene rings is 1. The Labute approximate surface area is 194 Å². The fourth-order valence-corrected chi connectivity index (χ4v) is 3.74. The number of hydrogen-bond acceptors (Lipinski definition) is 3. The summed E-state index contributed by atoms with van der Waals surface area (Å²) in [5.74, 6) is 1.93. The number of hydrogen-bond donors (Lipinski definition) is 1. The molecule has 7 heteroatoms. The minimum Gasteiger partial charge on any atom is -0.357 e. The molecule has 29 heavy (non-hydrogen) atoms. The molecule has 2 aromatic heterocycles. The van der Waals surface area contributed by atoms with E-state index in [-0.39, 0.29) is 24.0 Å². The zero-order valence-electron chi connectivity index (χ0n) is 17.1. The zero-order chi connectivity index (χ0) is 19.6. The van der Waals surface area contributed by atoms with Crippen molar-refractivity contribution in [3.05, 3.63) is 76.5 Å². The fourth-order valence-electron chi connectivity index (χ4n) is 3.04. The van der Waals surface area contributed by atoms with E-state index >= 15 is 0 Å². The zero-order valence-corrected chi connectivity index (χ0v) is 20.3. The topological polar surface area (TPSA) is 45.5 Å². The van der Waals surface area contributed by atoms with Crippen LogP contribution in [-0.4, -0.2) is 40.5 Å². The number of likely N-dealkylation sites (N-methyl/N-ethyl adjacent to an activating group) is 1. The Morgan fingerprint density at radius 2 is 2.00 bits per heavy atom. The monoisotopic (exact) mass is 523 g/mol. The van der Waals surface area contributed by atoms with Crippen LogP contribution in [0.5, 0.6) is 0 Å². The van der Waals surface area contributed by atoms with Crippen LogP contribution in [0.15, 0.2) is 65.2 Å². The summed E-state index contributed by atoms with van der Waals surface area (Å²) in [5, 5.41) is 5.52. The summed E-state index contributed by atoms with van der Waals surface area (Å²) < 4.78 is 2.20. The van der Waals surface area contributed by atoms with Crippen molar-refractivity contribution in [2.45, 2.75) is 32.9 Å². The van der Waals surface area contributed by atoms with Gasteiger partial charge in [0.25, 0.3) is 0 Å². The summed E-state index contributed by atoms with van der Waals surface area (Å²) in [6, 6.07) is 14.9. The molecule has 0 unspecified atom stereocenters. The van der Waals surface area contributed by atoms with E-state index < -0.39 is 0 Å². The summed E-state index contributed by atoms with van der Waals surface area (Å²) in [7, 11) is 2.09. The van der Waals surface area contributed by atoms with E-state index in [0.717, 1.165) is 44.3 Å². The van der Waals surface area contributed by atoms with E-state index in [1.54, 1.807) is 11.3 Å². The van der Waals surface area contributed by atoms with Crippen molar-refractivity contribution in [1.82, 2.24) is 19.8 Å². The molecule has 1 aromatic carbocycles. The van der Waals surface area contributed by atoms with E-state index in [2.05, 4.69) is 81.6 Å². The van der Waals surface area contributed by atoms with Crippen LogP contribution in [0.3, 0.4) is 0 Å². The lowest BCUT2D eigenvalue weighted by atomic mass is 10.1. The summed E-state index contributed by atoms with van der Waals surface area (Å²) >= 11 is 1.81. The van der Waals surface area contributed by atoms with Crippen LogP contribution < -0.4 is 5.32 Å². The molecule has 0 spiro atoms. The highest BCUT2D eigenvalue weighted by Gasteiger charge is 2.08. The lowest BCUT2D eigenvalue weighted by Crippen LogP contribution is -2.40. The number of rotatable bonds is 9. The molecule has 0 fully saturated rings. The molecule has 0 amide bonds. The first-order valence-electron chi connectivity index (χ1n) is 9.82. The van der Waals surface area contributed by atoms with Crippen LogP contribution >= 0.6 is 35.3 Å². The van der Waals surface area contributed by atoms with Gasteiger partial charge < -0.3 is 14.8 Å². The summed E-state index contributed by atoms with van der Waals surface area (Å²) in [5.41, 5.74) is 1.34. The van der Waals surface area contributed by atoms with Crippen molar-refractivity contribution < 1.29 is 0 Å². The third kappa shape index (κ3) is 7.47. The van der Waals surface area contributed by atoms with Crippen molar-refractivity contribution in [1.29, 1.82) is 0 Å². The molecule has 0 saturated heterocycles. The van der Waals surface area contributed by atoms with Crippen LogP contribution in [0.4, 0.5) is 0 Å². The van der Waals surface area contributed by atoms with Gasteiger partial charge in [0.15, 0.2) is 5.96 Å². The number of thiophene rings is 1. The number of aromatic nitrogens is 2. The van der Waals surface area contributed by atoms with E-state index in [9.17, 15) is 0 Å². The minimum absolute atomic E-state index is 0. The maximum absolute atomic E-state index is 4.82. The third-order valence-electron chi connectivity index (χ3n) is 4.63. The number of aryl methyl sites for hydroxylation is 2. The molecular weight excluding hydrogens is 493 g/mol. The van der Waals surface area contributed by atoms with Gasteiger partial charge in [-0.3, -0.25) is 0 Å². The van der Waals surface area contributed by atoms with Gasteiger partial charge in [0.2, 0.25) is 0 Å². The van der Waals surface area contributed by atoms with Crippen LogP contribution in [-0.2, 0) is 25.9 Å². The van der Waals surface area contributed by atoms with E-state index in [4.69, 9.17) is 4.99 Å². The number of nitrogens with zero attached hydrogens (tertiary/aromatic N) is 4. The van der Waals surface area contributed by atoms with Crippen LogP contribution in [0.1, 0.15) is 23.2 Å². The smallest absolute Gasteiger partial charge is 0.194 e. The minimum atomic E-state index is 0. The normalized spacial score (nSPS) is 11.2. The predicted octanol–water partition coefficient (Wildman–Crippen LogP) is 4.45. The quantitative estimate of drug-likeness (QED) is 0.256. The molecule has 5 nitrogen and oxygen atoms in total. The second kappa shape index (κ2) is 12.6. The van der Waals surface area contributed by atoms with Gasteiger partial charge >= 0.3 is 0 Å². The van der Waals surface area contributed by atoms with Crippen molar-refractivity contribution in [2.75, 3.05) is 20.1 Å². The molecule has 0 aliphatic heterocycles. The highest BCUT2D eigenvalue weighted by Crippen LogP contribution is 2.10. The molecule has 0 aliphatic carbocycles. The average Bonchev–Trinajstić information content (AvgIpc) is 3.40. The Balaban J connectivity index is 0.00000300. The van der Waals surface area contributed by atoms with Crippen LogP contribution in [0.2, 0.25) is 0 Å². The highest BCUT2D eigenvalue weighted by molar-refractivity contribution is 14.0. The van der Waals surface area contributed by atoms with Gasteiger partial charge in [-0.25, -0.2) is 9.98 Å². The average molecular weight is 523 g/mol. The summed E-state index contributed by atoms with van der Waals surface area (Å²) in [4.78, 5) is 12.9. The van der Waals surface area contributed by atoms with E-state index in [1.807, 2.05) is 12.4 Å². The first-order valence-corrected chi connectivity index (χ1v) is 10.7. The molecule has 0 radical (unpaired) electrons. The molecule has 1 N–H and O–H groups in total. The van der Waals surface area contributed by atoms with Crippen molar-refractivity contribution in [3.63, 3.8) is 0 Å². The van der Waals surface area contributed by atoms with Crippen LogP contribution in [0.25, 0.3) is 0 Å². The largest absolute Gasteiger partial charge is 0.357 e. The van der Waals surface area contributed by atoms with Gasteiger partial charge in [0.1, 0.15) is 12.4 Å². The molecule has 0 atom stereocenters. The SMILES string of the molecule is CCNC(=NCc1nccn1CCc1ccccc1)N(C)CCc1cccs1.I. The molecule has 0 aliphatic rings. The molecule has 3 aromatic rings. The molecule has 156 valence electrons. The molecule has 0 bridgehead atoms. The van der Waals surface area contributed by atoms with Crippen LogP contribution in [0, 0.1) is 0 Å². The summed E-state index contributed by atoms with van der Waals surface area (Å²) in [6.45, 7) is 5.38. The van der Waals surface area contributed by atoms with Gasteiger partial charge in [-0.15, -0.1) is 35.3 Å². The Morgan fingerprint density at radius 1 is 1.17 bits per heavy atom. The Bertz CT molecular complexity index is 845. The maximum atomic E-state index is 4.82. The number of aliphatic imine (C=N–C) groups is 1. The van der Waals surface area contributed by atoms with Gasteiger partial charge in [0.05, 0.1) is 0 Å². The Hall–Kier alpha value is -1.87. The first kappa shape index (κ1) is 23.4. The van der Waals surface area contributed by atoms with Gasteiger partial charge in [0, 0.05) is 44.0 Å². The predicted molar refractivity (Wildman–Crippen MR) is 133 cm³/mol. The van der Waals surface area contributed by atoms with E-state index in [1.165, 1.54) is 10.4 Å². The second-order valence-electron chi connectivity index (χ2n) is 6.69. The van der Waals surface area contributed by atoms with Crippen molar-refractivity contribution in [3.8, 4) is 0 Å².